The van der Waals surface area contributed by atoms with E-state index in [-0.39, 0.29) is 18.2 Å². The summed E-state index contributed by atoms with van der Waals surface area (Å²) in [5.74, 6) is -0.421. The number of anilines is 1. The molecule has 0 unspecified atom stereocenters. The lowest BCUT2D eigenvalue weighted by Crippen LogP contribution is -2.54. The Balaban J connectivity index is 1.65. The molecule has 0 spiro atoms. The molecule has 1 aromatic rings. The highest BCUT2D eigenvalue weighted by molar-refractivity contribution is 5.95. The molecule has 156 valence electrons. The number of benzene rings is 1. The fourth-order valence-corrected chi connectivity index (χ4v) is 3.41. The van der Waals surface area contributed by atoms with Gasteiger partial charge in [-0.3, -0.25) is 4.90 Å². The van der Waals surface area contributed by atoms with E-state index in [2.05, 4.69) is 4.74 Å². The molecule has 8 nitrogen and oxygen atoms in total. The smallest absolute Gasteiger partial charge is 0.410 e. The van der Waals surface area contributed by atoms with E-state index in [0.29, 0.717) is 26.2 Å². The van der Waals surface area contributed by atoms with Crippen LogP contribution in [0.15, 0.2) is 30.3 Å². The first-order chi connectivity index (χ1) is 13.7. The molecule has 29 heavy (non-hydrogen) atoms. The Bertz CT molecular complexity index is 813. The molecule has 0 aromatic heterocycles. The van der Waals surface area contributed by atoms with Crippen LogP contribution in [-0.2, 0) is 14.3 Å². The van der Waals surface area contributed by atoms with Crippen molar-refractivity contribution < 1.29 is 23.9 Å². The minimum absolute atomic E-state index is 0.0586. The number of rotatable bonds is 3. The molecule has 2 aliphatic rings. The third-order valence-corrected chi connectivity index (χ3v) is 4.82. The van der Waals surface area contributed by atoms with Crippen molar-refractivity contribution in [2.45, 2.75) is 32.4 Å². The fraction of sp³-hybridized carbons (Fsp3) is 0.476. The summed E-state index contributed by atoms with van der Waals surface area (Å²) in [5.41, 5.74) is 1.07. The molecule has 1 atom stereocenters. The molecule has 8 heteroatoms. The molecule has 3 rings (SSSR count). The molecule has 0 N–H and O–H groups in total. The summed E-state index contributed by atoms with van der Waals surface area (Å²) in [7, 11) is 1.33. The quantitative estimate of drug-likeness (QED) is 0.575. The zero-order valence-corrected chi connectivity index (χ0v) is 17.3. The van der Waals surface area contributed by atoms with E-state index in [9.17, 15) is 14.4 Å². The van der Waals surface area contributed by atoms with Crippen LogP contribution in [0.1, 0.15) is 26.3 Å². The van der Waals surface area contributed by atoms with Crippen molar-refractivity contribution in [2.24, 2.45) is 0 Å². The van der Waals surface area contributed by atoms with Crippen LogP contribution in [0.3, 0.4) is 0 Å². The molecule has 0 aliphatic carbocycles. The summed E-state index contributed by atoms with van der Waals surface area (Å²) in [6.45, 7) is 7.43. The number of hydrogen-bond donors (Lipinski definition) is 0. The Morgan fingerprint density at radius 3 is 2.41 bits per heavy atom. The number of fused-ring (bicyclic) bond motifs is 1. The van der Waals surface area contributed by atoms with Gasteiger partial charge in [-0.2, -0.15) is 0 Å². The van der Waals surface area contributed by atoms with Crippen molar-refractivity contribution >= 4 is 29.9 Å². The third-order valence-electron chi connectivity index (χ3n) is 4.82. The van der Waals surface area contributed by atoms with Gasteiger partial charge in [0.05, 0.1) is 13.2 Å². The van der Waals surface area contributed by atoms with E-state index < -0.39 is 11.6 Å². The van der Waals surface area contributed by atoms with Gasteiger partial charge in [-0.15, -0.1) is 0 Å². The summed E-state index contributed by atoms with van der Waals surface area (Å²) >= 11 is 0. The highest BCUT2D eigenvalue weighted by Crippen LogP contribution is 2.27. The van der Waals surface area contributed by atoms with Gasteiger partial charge in [0.25, 0.3) is 0 Å². The summed E-state index contributed by atoms with van der Waals surface area (Å²) in [6.07, 6.45) is 2.66. The molecule has 0 radical (unpaired) electrons. The molecule has 0 bridgehead atoms. The van der Waals surface area contributed by atoms with Gasteiger partial charge in [0.2, 0.25) is 0 Å². The lowest BCUT2D eigenvalue weighted by atomic mass is 10.1. The predicted octanol–water partition coefficient (Wildman–Crippen LogP) is 2.73. The predicted molar refractivity (Wildman–Crippen MR) is 109 cm³/mol. The number of nitrogens with zero attached hydrogens (tertiary/aromatic N) is 3. The molecule has 2 aliphatic heterocycles. The van der Waals surface area contributed by atoms with E-state index in [0.717, 1.165) is 11.3 Å². The van der Waals surface area contributed by atoms with Gasteiger partial charge in [0, 0.05) is 37.9 Å². The highest BCUT2D eigenvalue weighted by atomic mass is 16.6. The maximum atomic E-state index is 12.8. The standard InChI is InChI=1S/C21H27N3O5/c1-21(2,3)29-20(27)22-11-12-23-17(13-22)14-24(19(23)26)16-8-5-15(6-9-16)7-10-18(25)28-4/h5-10,17H,11-14H2,1-4H3/b10-7+/t17-/m0/s1. The minimum Gasteiger partial charge on any atom is -0.466 e. The van der Waals surface area contributed by atoms with Crippen LogP contribution >= 0.6 is 0 Å². The van der Waals surface area contributed by atoms with Crippen LogP contribution in [0.2, 0.25) is 0 Å². The second kappa shape index (κ2) is 8.14. The number of hydrogen-bond acceptors (Lipinski definition) is 5. The van der Waals surface area contributed by atoms with Crippen molar-refractivity contribution in [2.75, 3.05) is 38.2 Å². The number of urea groups is 1. The zero-order chi connectivity index (χ0) is 21.2. The molecule has 2 fully saturated rings. The lowest BCUT2D eigenvalue weighted by Gasteiger charge is -2.36. The average Bonchev–Trinajstić information content (AvgIpc) is 3.01. The molecule has 1 aromatic carbocycles. The van der Waals surface area contributed by atoms with Gasteiger partial charge in [0.15, 0.2) is 0 Å². The van der Waals surface area contributed by atoms with Gasteiger partial charge in [-0.1, -0.05) is 12.1 Å². The molecule has 2 saturated heterocycles. The van der Waals surface area contributed by atoms with Crippen LogP contribution in [0.4, 0.5) is 15.3 Å². The zero-order valence-electron chi connectivity index (χ0n) is 17.3. The van der Waals surface area contributed by atoms with E-state index >= 15 is 0 Å². The molecule has 0 saturated carbocycles. The number of carbonyl (C=O) groups is 3. The van der Waals surface area contributed by atoms with E-state index in [1.165, 1.54) is 13.2 Å². The summed E-state index contributed by atoms with van der Waals surface area (Å²) in [5, 5.41) is 0. The second-order valence-corrected chi connectivity index (χ2v) is 8.11. The summed E-state index contributed by atoms with van der Waals surface area (Å²) < 4.78 is 10.0. The number of carbonyl (C=O) groups excluding carboxylic acids is 3. The van der Waals surface area contributed by atoms with Crippen LogP contribution < -0.4 is 4.90 Å². The Kier molecular flexibility index (Phi) is 5.81. The number of amides is 3. The minimum atomic E-state index is -0.546. The molecular formula is C21H27N3O5. The van der Waals surface area contributed by atoms with Crippen LogP contribution in [0, 0.1) is 0 Å². The van der Waals surface area contributed by atoms with Gasteiger partial charge in [-0.05, 0) is 44.5 Å². The Morgan fingerprint density at radius 2 is 1.79 bits per heavy atom. The van der Waals surface area contributed by atoms with Gasteiger partial charge < -0.3 is 19.3 Å². The normalized spacial score (nSPS) is 19.5. The maximum Gasteiger partial charge on any atom is 0.410 e. The average molecular weight is 401 g/mol. The number of ether oxygens (including phenoxy) is 2. The maximum absolute atomic E-state index is 12.8. The highest BCUT2D eigenvalue weighted by Gasteiger charge is 2.42. The van der Waals surface area contributed by atoms with Gasteiger partial charge >= 0.3 is 18.1 Å². The first kappa shape index (κ1) is 20.7. The largest absolute Gasteiger partial charge is 0.466 e. The Labute approximate surface area is 170 Å². The van der Waals surface area contributed by atoms with Crippen LogP contribution in [-0.4, -0.2) is 72.8 Å². The van der Waals surface area contributed by atoms with Crippen LogP contribution in [0.25, 0.3) is 6.08 Å². The van der Waals surface area contributed by atoms with Gasteiger partial charge in [-0.25, -0.2) is 14.4 Å². The lowest BCUT2D eigenvalue weighted by molar-refractivity contribution is -0.134. The van der Waals surface area contributed by atoms with Gasteiger partial charge in [0.1, 0.15) is 5.60 Å². The van der Waals surface area contributed by atoms with Crippen molar-refractivity contribution in [1.29, 1.82) is 0 Å². The van der Waals surface area contributed by atoms with Crippen LogP contribution in [0.5, 0.6) is 0 Å². The number of esters is 1. The number of methoxy groups -OCH3 is 1. The molecule has 3 amide bonds. The van der Waals surface area contributed by atoms with E-state index in [4.69, 9.17) is 4.74 Å². The van der Waals surface area contributed by atoms with Crippen molar-refractivity contribution in [3.8, 4) is 0 Å². The Hall–Kier alpha value is -3.03. The topological polar surface area (TPSA) is 79.4 Å². The van der Waals surface area contributed by atoms with Crippen molar-refractivity contribution in [1.82, 2.24) is 9.80 Å². The van der Waals surface area contributed by atoms with Crippen molar-refractivity contribution in [3.05, 3.63) is 35.9 Å². The summed E-state index contributed by atoms with van der Waals surface area (Å²) in [4.78, 5) is 41.6. The number of piperazine rings is 1. The second-order valence-electron chi connectivity index (χ2n) is 8.11. The fourth-order valence-electron chi connectivity index (χ4n) is 3.41. The first-order valence-electron chi connectivity index (χ1n) is 9.60. The third kappa shape index (κ3) is 4.88. The molecule has 2 heterocycles. The van der Waals surface area contributed by atoms with Crippen molar-refractivity contribution in [3.63, 3.8) is 0 Å². The first-order valence-corrected chi connectivity index (χ1v) is 9.60. The van der Waals surface area contributed by atoms with E-state index in [1.54, 1.807) is 15.9 Å². The molecular weight excluding hydrogens is 374 g/mol. The monoisotopic (exact) mass is 401 g/mol. The SMILES string of the molecule is COC(=O)/C=C/c1ccc(N2C[C@@H]3CN(C(=O)OC(C)(C)C)CCN3C2=O)cc1. The van der Waals surface area contributed by atoms with E-state index in [1.807, 2.05) is 49.9 Å². The Morgan fingerprint density at radius 1 is 1.10 bits per heavy atom. The summed E-state index contributed by atoms with van der Waals surface area (Å²) in [6, 6.07) is 7.25.